The van der Waals surface area contributed by atoms with Gasteiger partial charge in [0.05, 0.1) is 11.9 Å². The third kappa shape index (κ3) is 4.88. The van der Waals surface area contributed by atoms with Crippen LogP contribution in [0.3, 0.4) is 0 Å². The Kier molecular flexibility index (Phi) is 6.11. The molecule has 1 aromatic carbocycles. The van der Waals surface area contributed by atoms with Crippen LogP contribution >= 0.6 is 27.5 Å². The van der Waals surface area contributed by atoms with E-state index in [1.54, 1.807) is 25.1 Å². The minimum atomic E-state index is -2.96. The van der Waals surface area contributed by atoms with Crippen molar-refractivity contribution in [3.63, 3.8) is 0 Å². The average molecular weight is 356 g/mol. The number of halogens is 2. The standard InChI is InChI=1S/C12H16BrClO3S/c1-2-18(16,17)7-3-4-12(15)10-8-9(14)5-6-11(10)13/h5-6,8,12,15H,2-4,7H2,1H3. The zero-order valence-corrected chi connectivity index (χ0v) is 13.2. The van der Waals surface area contributed by atoms with E-state index in [9.17, 15) is 13.5 Å². The molecular formula is C12H16BrClO3S. The molecule has 0 fully saturated rings. The van der Waals surface area contributed by atoms with Crippen LogP contribution in [0.25, 0.3) is 0 Å². The zero-order chi connectivity index (χ0) is 13.8. The van der Waals surface area contributed by atoms with E-state index in [2.05, 4.69) is 15.9 Å². The van der Waals surface area contributed by atoms with Gasteiger partial charge in [-0.05, 0) is 36.6 Å². The lowest BCUT2D eigenvalue weighted by Gasteiger charge is -2.13. The fourth-order valence-corrected chi connectivity index (χ4v) is 3.15. The minimum absolute atomic E-state index is 0.110. The van der Waals surface area contributed by atoms with E-state index in [0.29, 0.717) is 23.4 Å². The highest BCUT2D eigenvalue weighted by molar-refractivity contribution is 9.10. The van der Waals surface area contributed by atoms with Gasteiger partial charge in [0.2, 0.25) is 0 Å². The smallest absolute Gasteiger partial charge is 0.150 e. The molecule has 0 aromatic heterocycles. The molecule has 1 atom stereocenters. The second-order valence-electron chi connectivity index (χ2n) is 4.06. The summed E-state index contributed by atoms with van der Waals surface area (Å²) in [5.41, 5.74) is 0.691. The van der Waals surface area contributed by atoms with Gasteiger partial charge in [0.25, 0.3) is 0 Å². The summed E-state index contributed by atoms with van der Waals surface area (Å²) in [4.78, 5) is 0. The summed E-state index contributed by atoms with van der Waals surface area (Å²) in [7, 11) is -2.96. The van der Waals surface area contributed by atoms with Gasteiger partial charge < -0.3 is 5.11 Å². The van der Waals surface area contributed by atoms with E-state index in [1.165, 1.54) is 0 Å². The molecule has 3 nitrogen and oxygen atoms in total. The average Bonchev–Trinajstić information content (AvgIpc) is 2.32. The molecule has 0 bridgehead atoms. The van der Waals surface area contributed by atoms with Crippen molar-refractivity contribution in [2.24, 2.45) is 0 Å². The predicted molar refractivity (Wildman–Crippen MR) is 77.7 cm³/mol. The Labute approximate surface area is 121 Å². The summed E-state index contributed by atoms with van der Waals surface area (Å²) in [5, 5.41) is 10.6. The number of aliphatic hydroxyl groups is 1. The summed E-state index contributed by atoms with van der Waals surface area (Å²) in [6.45, 7) is 1.62. The van der Waals surface area contributed by atoms with E-state index >= 15 is 0 Å². The van der Waals surface area contributed by atoms with Gasteiger partial charge in [0.1, 0.15) is 9.84 Å². The third-order valence-corrected chi connectivity index (χ3v) is 5.44. The van der Waals surface area contributed by atoms with Crippen molar-refractivity contribution in [2.75, 3.05) is 11.5 Å². The lowest BCUT2D eigenvalue weighted by Crippen LogP contribution is -2.10. The molecule has 0 heterocycles. The molecule has 1 rings (SSSR count). The topological polar surface area (TPSA) is 54.4 Å². The van der Waals surface area contributed by atoms with E-state index in [1.807, 2.05) is 0 Å². The first-order valence-electron chi connectivity index (χ1n) is 5.69. The molecule has 1 N–H and O–H groups in total. The normalized spacial score (nSPS) is 13.6. The highest BCUT2D eigenvalue weighted by atomic mass is 79.9. The zero-order valence-electron chi connectivity index (χ0n) is 10.1. The Balaban J connectivity index is 2.61. The number of benzene rings is 1. The third-order valence-electron chi connectivity index (χ3n) is 2.69. The summed E-state index contributed by atoms with van der Waals surface area (Å²) >= 11 is 9.20. The molecule has 102 valence electrons. The molecule has 0 spiro atoms. The van der Waals surface area contributed by atoms with Gasteiger partial charge >= 0.3 is 0 Å². The van der Waals surface area contributed by atoms with Gasteiger partial charge in [0.15, 0.2) is 0 Å². The van der Waals surface area contributed by atoms with Gasteiger partial charge in [-0.2, -0.15) is 0 Å². The Hall–Kier alpha value is -0.100. The summed E-state index contributed by atoms with van der Waals surface area (Å²) < 4.78 is 23.4. The summed E-state index contributed by atoms with van der Waals surface area (Å²) in [5.74, 6) is 0.253. The largest absolute Gasteiger partial charge is 0.388 e. The molecule has 1 aromatic rings. The van der Waals surface area contributed by atoms with Gasteiger partial charge in [-0.25, -0.2) is 8.42 Å². The Morgan fingerprint density at radius 2 is 2.11 bits per heavy atom. The van der Waals surface area contributed by atoms with Crippen LogP contribution in [0.5, 0.6) is 0 Å². The van der Waals surface area contributed by atoms with Crippen LogP contribution in [0, 0.1) is 0 Å². The predicted octanol–water partition coefficient (Wildman–Crippen LogP) is 3.35. The molecule has 0 radical (unpaired) electrons. The number of rotatable bonds is 6. The van der Waals surface area contributed by atoms with Crippen molar-refractivity contribution in [1.82, 2.24) is 0 Å². The van der Waals surface area contributed by atoms with Gasteiger partial charge in [-0.3, -0.25) is 0 Å². The highest BCUT2D eigenvalue weighted by Gasteiger charge is 2.14. The molecule has 18 heavy (non-hydrogen) atoms. The van der Waals surface area contributed by atoms with E-state index in [4.69, 9.17) is 11.6 Å². The van der Waals surface area contributed by atoms with Crippen molar-refractivity contribution >= 4 is 37.4 Å². The highest BCUT2D eigenvalue weighted by Crippen LogP contribution is 2.29. The fraction of sp³-hybridized carbons (Fsp3) is 0.500. The Morgan fingerprint density at radius 1 is 1.44 bits per heavy atom. The molecule has 0 aliphatic carbocycles. The molecule has 6 heteroatoms. The van der Waals surface area contributed by atoms with Crippen LogP contribution in [0.2, 0.25) is 5.02 Å². The Bertz CT molecular complexity index is 502. The summed E-state index contributed by atoms with van der Waals surface area (Å²) in [6, 6.07) is 5.18. The Morgan fingerprint density at radius 3 is 2.72 bits per heavy atom. The lowest BCUT2D eigenvalue weighted by molar-refractivity contribution is 0.166. The van der Waals surface area contributed by atoms with Crippen LogP contribution < -0.4 is 0 Å². The quantitative estimate of drug-likeness (QED) is 0.851. The van der Waals surface area contributed by atoms with Crippen LogP contribution in [-0.4, -0.2) is 25.0 Å². The maximum atomic E-state index is 11.3. The van der Waals surface area contributed by atoms with Crippen LogP contribution in [0.4, 0.5) is 0 Å². The van der Waals surface area contributed by atoms with E-state index in [-0.39, 0.29) is 11.5 Å². The van der Waals surface area contributed by atoms with Crippen molar-refractivity contribution in [1.29, 1.82) is 0 Å². The van der Waals surface area contributed by atoms with Gasteiger partial charge in [-0.15, -0.1) is 0 Å². The maximum Gasteiger partial charge on any atom is 0.150 e. The lowest BCUT2D eigenvalue weighted by atomic mass is 10.1. The van der Waals surface area contributed by atoms with E-state index in [0.717, 1.165) is 4.47 Å². The fourth-order valence-electron chi connectivity index (χ4n) is 1.57. The maximum absolute atomic E-state index is 11.3. The SMILES string of the molecule is CCS(=O)(=O)CCCC(O)c1cc(Cl)ccc1Br. The number of sulfone groups is 1. The monoisotopic (exact) mass is 354 g/mol. The van der Waals surface area contributed by atoms with Crippen LogP contribution in [0.1, 0.15) is 31.4 Å². The number of hydrogen-bond acceptors (Lipinski definition) is 3. The van der Waals surface area contributed by atoms with Gasteiger partial charge in [-0.1, -0.05) is 34.5 Å². The molecular weight excluding hydrogens is 340 g/mol. The first-order valence-corrected chi connectivity index (χ1v) is 8.68. The number of hydrogen-bond donors (Lipinski definition) is 1. The second-order valence-corrected chi connectivity index (χ2v) is 7.82. The molecule has 0 aliphatic rings. The first-order chi connectivity index (χ1) is 8.35. The first kappa shape index (κ1) is 16.0. The van der Waals surface area contributed by atoms with Crippen molar-refractivity contribution in [3.8, 4) is 0 Å². The second kappa shape index (κ2) is 6.89. The summed E-state index contributed by atoms with van der Waals surface area (Å²) in [6.07, 6.45) is 0.138. The van der Waals surface area contributed by atoms with Crippen LogP contribution in [0.15, 0.2) is 22.7 Å². The number of aliphatic hydroxyl groups excluding tert-OH is 1. The van der Waals surface area contributed by atoms with Crippen molar-refractivity contribution in [2.45, 2.75) is 25.9 Å². The van der Waals surface area contributed by atoms with Crippen LogP contribution in [-0.2, 0) is 9.84 Å². The van der Waals surface area contributed by atoms with Gasteiger partial charge in [0, 0.05) is 15.2 Å². The molecule has 0 amide bonds. The molecule has 0 saturated heterocycles. The van der Waals surface area contributed by atoms with Crippen molar-refractivity contribution in [3.05, 3.63) is 33.3 Å². The van der Waals surface area contributed by atoms with Crippen molar-refractivity contribution < 1.29 is 13.5 Å². The molecule has 1 unspecified atom stereocenters. The minimum Gasteiger partial charge on any atom is -0.388 e. The molecule has 0 aliphatic heterocycles. The van der Waals surface area contributed by atoms with E-state index < -0.39 is 15.9 Å². The molecule has 0 saturated carbocycles.